The molecule has 0 spiro atoms. The van der Waals surface area contributed by atoms with Crippen molar-refractivity contribution in [2.75, 3.05) is 6.54 Å². The molecule has 0 amide bonds. The average Bonchev–Trinajstić information content (AvgIpc) is 3.08. The lowest BCUT2D eigenvalue weighted by molar-refractivity contribution is -0.137. The third kappa shape index (κ3) is 3.98. The molecule has 0 aliphatic heterocycles. The van der Waals surface area contributed by atoms with E-state index in [2.05, 4.69) is 11.8 Å². The summed E-state index contributed by atoms with van der Waals surface area (Å²) in [5.74, 6) is 0.207. The zero-order chi connectivity index (χ0) is 12.3. The Morgan fingerprint density at radius 1 is 1.12 bits per heavy atom. The first kappa shape index (κ1) is 12.9. The standard InChI is InChI=1S/C14H25NO2/c1-11-3-2-4-12(6-5-11)15(13-7-8-13)10-9-14(16)17/h11-13H,2-10H2,1H3,(H,16,17). The normalized spacial score (nSPS) is 30.2. The molecule has 1 N–H and O–H groups in total. The highest BCUT2D eigenvalue weighted by Crippen LogP contribution is 2.34. The maximum absolute atomic E-state index is 10.7. The van der Waals surface area contributed by atoms with Gasteiger partial charge in [0.2, 0.25) is 0 Å². The quantitative estimate of drug-likeness (QED) is 0.750. The van der Waals surface area contributed by atoms with Crippen LogP contribution in [-0.4, -0.2) is 34.6 Å². The largest absolute Gasteiger partial charge is 0.481 e. The molecule has 2 unspecified atom stereocenters. The van der Waals surface area contributed by atoms with Crippen molar-refractivity contribution in [3.63, 3.8) is 0 Å². The van der Waals surface area contributed by atoms with Gasteiger partial charge in [0.25, 0.3) is 0 Å². The third-order valence-corrected chi connectivity index (χ3v) is 4.30. The van der Waals surface area contributed by atoms with E-state index in [1.54, 1.807) is 0 Å². The van der Waals surface area contributed by atoms with Gasteiger partial charge in [0.15, 0.2) is 0 Å². The number of hydrogen-bond acceptors (Lipinski definition) is 2. The number of rotatable bonds is 5. The van der Waals surface area contributed by atoms with Gasteiger partial charge in [-0.2, -0.15) is 0 Å². The predicted molar refractivity (Wildman–Crippen MR) is 68.0 cm³/mol. The second-order valence-electron chi connectivity index (χ2n) is 5.88. The monoisotopic (exact) mass is 239 g/mol. The van der Waals surface area contributed by atoms with Crippen LogP contribution >= 0.6 is 0 Å². The number of nitrogens with zero attached hydrogens (tertiary/aromatic N) is 1. The fraction of sp³-hybridized carbons (Fsp3) is 0.929. The first-order valence-electron chi connectivity index (χ1n) is 7.14. The van der Waals surface area contributed by atoms with E-state index in [9.17, 15) is 4.79 Å². The van der Waals surface area contributed by atoms with Gasteiger partial charge in [-0.3, -0.25) is 9.69 Å². The van der Waals surface area contributed by atoms with Crippen LogP contribution in [0.3, 0.4) is 0 Å². The molecule has 2 fully saturated rings. The minimum Gasteiger partial charge on any atom is -0.481 e. The second kappa shape index (κ2) is 5.85. The Morgan fingerprint density at radius 2 is 1.76 bits per heavy atom. The van der Waals surface area contributed by atoms with Gasteiger partial charge in [-0.25, -0.2) is 0 Å². The van der Waals surface area contributed by atoms with Crippen LogP contribution < -0.4 is 0 Å². The van der Waals surface area contributed by atoms with E-state index in [0.29, 0.717) is 18.5 Å². The van der Waals surface area contributed by atoms with E-state index in [-0.39, 0.29) is 0 Å². The topological polar surface area (TPSA) is 40.5 Å². The molecule has 0 radical (unpaired) electrons. The molecular weight excluding hydrogens is 214 g/mol. The van der Waals surface area contributed by atoms with Crippen molar-refractivity contribution in [1.29, 1.82) is 0 Å². The lowest BCUT2D eigenvalue weighted by Crippen LogP contribution is -2.38. The molecule has 98 valence electrons. The molecule has 2 saturated carbocycles. The summed E-state index contributed by atoms with van der Waals surface area (Å²) in [6, 6.07) is 1.36. The second-order valence-corrected chi connectivity index (χ2v) is 5.88. The van der Waals surface area contributed by atoms with Crippen molar-refractivity contribution >= 4 is 5.97 Å². The van der Waals surface area contributed by atoms with Crippen LogP contribution in [0.2, 0.25) is 0 Å². The molecule has 2 aliphatic rings. The van der Waals surface area contributed by atoms with E-state index in [1.165, 1.54) is 44.9 Å². The van der Waals surface area contributed by atoms with E-state index in [1.807, 2.05) is 0 Å². The molecule has 2 atom stereocenters. The van der Waals surface area contributed by atoms with Gasteiger partial charge in [-0.1, -0.05) is 19.8 Å². The lowest BCUT2D eigenvalue weighted by Gasteiger charge is -2.30. The van der Waals surface area contributed by atoms with Crippen molar-refractivity contribution in [3.05, 3.63) is 0 Å². The van der Waals surface area contributed by atoms with Crippen LogP contribution in [0.4, 0.5) is 0 Å². The van der Waals surface area contributed by atoms with E-state index >= 15 is 0 Å². The summed E-state index contributed by atoms with van der Waals surface area (Å²) in [6.45, 7) is 3.11. The highest BCUT2D eigenvalue weighted by Gasteiger charge is 2.34. The van der Waals surface area contributed by atoms with E-state index in [0.717, 1.165) is 12.5 Å². The molecular formula is C14H25NO2. The molecule has 0 bridgehead atoms. The van der Waals surface area contributed by atoms with Crippen LogP contribution in [0.5, 0.6) is 0 Å². The average molecular weight is 239 g/mol. The molecule has 0 saturated heterocycles. The van der Waals surface area contributed by atoms with E-state index < -0.39 is 5.97 Å². The van der Waals surface area contributed by atoms with Gasteiger partial charge in [0.1, 0.15) is 0 Å². The molecule has 3 nitrogen and oxygen atoms in total. The Morgan fingerprint density at radius 3 is 2.41 bits per heavy atom. The lowest BCUT2D eigenvalue weighted by atomic mass is 10.0. The maximum atomic E-state index is 10.7. The molecule has 3 heteroatoms. The van der Waals surface area contributed by atoms with Gasteiger partial charge in [0, 0.05) is 18.6 Å². The first-order valence-corrected chi connectivity index (χ1v) is 7.14. The predicted octanol–water partition coefficient (Wildman–Crippen LogP) is 2.89. The minimum atomic E-state index is -0.655. The molecule has 17 heavy (non-hydrogen) atoms. The molecule has 0 heterocycles. The van der Waals surface area contributed by atoms with Crippen LogP contribution in [0, 0.1) is 5.92 Å². The number of aliphatic carboxylic acids is 1. The van der Waals surface area contributed by atoms with Crippen molar-refractivity contribution in [3.8, 4) is 0 Å². The van der Waals surface area contributed by atoms with Crippen LogP contribution in [-0.2, 0) is 4.79 Å². The van der Waals surface area contributed by atoms with Gasteiger partial charge in [0.05, 0.1) is 6.42 Å². The first-order chi connectivity index (χ1) is 8.16. The molecule has 0 aromatic rings. The van der Waals surface area contributed by atoms with Crippen LogP contribution in [0.25, 0.3) is 0 Å². The third-order valence-electron chi connectivity index (χ3n) is 4.30. The summed E-state index contributed by atoms with van der Waals surface area (Å²) in [5, 5.41) is 8.83. The maximum Gasteiger partial charge on any atom is 0.304 e. The van der Waals surface area contributed by atoms with Crippen molar-refractivity contribution in [1.82, 2.24) is 4.90 Å². The van der Waals surface area contributed by atoms with Gasteiger partial charge < -0.3 is 5.11 Å². The smallest absolute Gasteiger partial charge is 0.304 e. The Bertz CT molecular complexity index is 263. The summed E-state index contributed by atoms with van der Waals surface area (Å²) in [4.78, 5) is 13.2. The Labute approximate surface area is 104 Å². The van der Waals surface area contributed by atoms with E-state index in [4.69, 9.17) is 5.11 Å². The number of carbonyl (C=O) groups is 1. The SMILES string of the molecule is CC1CCCC(N(CCC(=O)O)C2CC2)CC1. The van der Waals surface area contributed by atoms with Gasteiger partial charge >= 0.3 is 5.97 Å². The minimum absolute atomic E-state index is 0.308. The Balaban J connectivity index is 1.87. The Hall–Kier alpha value is -0.570. The zero-order valence-corrected chi connectivity index (χ0v) is 10.9. The number of hydrogen-bond donors (Lipinski definition) is 1. The summed E-state index contributed by atoms with van der Waals surface area (Å²) < 4.78 is 0. The van der Waals surface area contributed by atoms with Crippen LogP contribution in [0.1, 0.15) is 58.3 Å². The fourth-order valence-electron chi connectivity index (χ4n) is 3.09. The molecule has 0 aromatic heterocycles. The number of carboxylic acids is 1. The molecule has 2 aliphatic carbocycles. The fourth-order valence-corrected chi connectivity index (χ4v) is 3.09. The summed E-state index contributed by atoms with van der Waals surface area (Å²) in [7, 11) is 0. The van der Waals surface area contributed by atoms with Gasteiger partial charge in [-0.05, 0) is 38.0 Å². The van der Waals surface area contributed by atoms with Crippen LogP contribution in [0.15, 0.2) is 0 Å². The van der Waals surface area contributed by atoms with Crippen molar-refractivity contribution < 1.29 is 9.90 Å². The summed E-state index contributed by atoms with van der Waals surface area (Å²) >= 11 is 0. The molecule has 2 rings (SSSR count). The number of carboxylic acid groups (broad SMARTS) is 1. The van der Waals surface area contributed by atoms with Crippen molar-refractivity contribution in [2.45, 2.75) is 70.4 Å². The summed E-state index contributed by atoms with van der Waals surface area (Å²) in [5.41, 5.74) is 0. The van der Waals surface area contributed by atoms with Gasteiger partial charge in [-0.15, -0.1) is 0 Å². The highest BCUT2D eigenvalue weighted by molar-refractivity contribution is 5.66. The molecule has 0 aromatic carbocycles. The highest BCUT2D eigenvalue weighted by atomic mass is 16.4. The summed E-state index contributed by atoms with van der Waals surface area (Å²) in [6.07, 6.45) is 9.43. The van der Waals surface area contributed by atoms with Crippen molar-refractivity contribution in [2.24, 2.45) is 5.92 Å². The Kier molecular flexibility index (Phi) is 4.43. The zero-order valence-electron chi connectivity index (χ0n) is 10.9.